The highest BCUT2D eigenvalue weighted by atomic mass is 19.3. The highest BCUT2D eigenvalue weighted by molar-refractivity contribution is 5.86. The zero-order chi connectivity index (χ0) is 17.1. The number of hydrogen-bond donors (Lipinski definition) is 1. The van der Waals surface area contributed by atoms with Crippen LogP contribution in [0.1, 0.15) is 21.6 Å². The Kier molecular flexibility index (Phi) is 3.09. The molecule has 0 amide bonds. The predicted octanol–water partition coefficient (Wildman–Crippen LogP) is 1.43. The Hall–Kier alpha value is -2.58. The molecular weight excluding hydrogens is 320 g/mol. The summed E-state index contributed by atoms with van der Waals surface area (Å²) in [6.07, 6.45) is 4.36. The quantitative estimate of drug-likeness (QED) is 0.910. The van der Waals surface area contributed by atoms with Gasteiger partial charge >= 0.3 is 5.97 Å². The summed E-state index contributed by atoms with van der Waals surface area (Å²) in [7, 11) is 0. The van der Waals surface area contributed by atoms with E-state index >= 15 is 0 Å². The fourth-order valence-corrected chi connectivity index (χ4v) is 3.19. The summed E-state index contributed by atoms with van der Waals surface area (Å²) in [5.41, 5.74) is 1.63. The maximum atomic E-state index is 13.3. The molecule has 1 aliphatic heterocycles. The number of fused-ring (bicyclic) bond motifs is 1. The molecule has 2 aliphatic rings. The summed E-state index contributed by atoms with van der Waals surface area (Å²) in [5.74, 6) is -4.23. The molecule has 0 bridgehead atoms. The fraction of sp³-hybridized carbons (Fsp3) is 0.467. The van der Waals surface area contributed by atoms with Gasteiger partial charge in [-0.25, -0.2) is 23.5 Å². The molecule has 24 heavy (non-hydrogen) atoms. The number of aromatic nitrogens is 4. The average Bonchev–Trinajstić information content (AvgIpc) is 3.00. The van der Waals surface area contributed by atoms with Crippen LogP contribution < -0.4 is 4.90 Å². The van der Waals surface area contributed by atoms with E-state index in [1.54, 1.807) is 11.1 Å². The largest absolute Gasteiger partial charge is 0.478 e. The molecule has 1 aliphatic carbocycles. The number of hydrogen-bond acceptors (Lipinski definition) is 5. The number of aromatic carboxylic acids is 1. The SMILES string of the molecule is Cc1nc(N2CC3C(C2)C3(F)F)ncc1Cn1cc(C(=O)O)cn1. The van der Waals surface area contributed by atoms with E-state index in [2.05, 4.69) is 15.1 Å². The Bertz CT molecular complexity index is 808. The van der Waals surface area contributed by atoms with Crippen molar-refractivity contribution in [2.75, 3.05) is 18.0 Å². The molecule has 2 aromatic heterocycles. The first-order valence-corrected chi connectivity index (χ1v) is 7.57. The lowest BCUT2D eigenvalue weighted by Gasteiger charge is -2.20. The molecule has 1 saturated carbocycles. The maximum absolute atomic E-state index is 13.3. The van der Waals surface area contributed by atoms with Gasteiger partial charge in [0.05, 0.1) is 30.1 Å². The van der Waals surface area contributed by atoms with E-state index in [0.717, 1.165) is 11.3 Å². The zero-order valence-corrected chi connectivity index (χ0v) is 12.9. The zero-order valence-electron chi connectivity index (χ0n) is 12.9. The third-order valence-corrected chi connectivity index (χ3v) is 4.76. The number of anilines is 1. The molecule has 126 valence electrons. The highest BCUT2D eigenvalue weighted by Crippen LogP contribution is 2.59. The van der Waals surface area contributed by atoms with Gasteiger partial charge in [0.15, 0.2) is 0 Å². The summed E-state index contributed by atoms with van der Waals surface area (Å²) in [4.78, 5) is 21.3. The van der Waals surface area contributed by atoms with Crippen molar-refractivity contribution in [3.05, 3.63) is 35.4 Å². The first kappa shape index (κ1) is 15.0. The van der Waals surface area contributed by atoms with Crippen LogP contribution in [0.15, 0.2) is 18.6 Å². The second-order valence-electron chi connectivity index (χ2n) is 6.30. The van der Waals surface area contributed by atoms with E-state index in [-0.39, 0.29) is 18.7 Å². The molecule has 0 aromatic carbocycles. The summed E-state index contributed by atoms with van der Waals surface area (Å²) in [6, 6.07) is 0. The van der Waals surface area contributed by atoms with Crippen molar-refractivity contribution in [3.8, 4) is 0 Å². The fourth-order valence-electron chi connectivity index (χ4n) is 3.19. The Morgan fingerprint density at radius 1 is 1.38 bits per heavy atom. The maximum Gasteiger partial charge on any atom is 0.338 e. The van der Waals surface area contributed by atoms with Gasteiger partial charge < -0.3 is 10.0 Å². The number of piperidine rings is 1. The van der Waals surface area contributed by atoms with Crippen molar-refractivity contribution >= 4 is 11.9 Å². The van der Waals surface area contributed by atoms with Gasteiger partial charge in [-0.05, 0) is 6.92 Å². The molecule has 2 aromatic rings. The highest BCUT2D eigenvalue weighted by Gasteiger charge is 2.71. The van der Waals surface area contributed by atoms with Gasteiger partial charge in [0.2, 0.25) is 5.95 Å². The lowest BCUT2D eigenvalue weighted by atomic mass is 10.2. The van der Waals surface area contributed by atoms with Crippen LogP contribution >= 0.6 is 0 Å². The van der Waals surface area contributed by atoms with Gasteiger partial charge in [0.1, 0.15) is 0 Å². The second kappa shape index (κ2) is 4.96. The monoisotopic (exact) mass is 335 g/mol. The van der Waals surface area contributed by atoms with E-state index < -0.39 is 23.7 Å². The minimum atomic E-state index is -2.52. The van der Waals surface area contributed by atoms with Gasteiger partial charge in [-0.15, -0.1) is 0 Å². The van der Waals surface area contributed by atoms with Gasteiger partial charge in [0, 0.05) is 36.7 Å². The summed E-state index contributed by atoms with van der Waals surface area (Å²) >= 11 is 0. The predicted molar refractivity (Wildman–Crippen MR) is 79.2 cm³/mol. The normalized spacial score (nSPS) is 24.0. The Morgan fingerprint density at radius 3 is 2.67 bits per heavy atom. The average molecular weight is 335 g/mol. The van der Waals surface area contributed by atoms with Gasteiger partial charge in [0.25, 0.3) is 5.92 Å². The van der Waals surface area contributed by atoms with E-state index in [1.807, 2.05) is 6.92 Å². The number of carbonyl (C=O) groups is 1. The van der Waals surface area contributed by atoms with Crippen molar-refractivity contribution in [2.24, 2.45) is 11.8 Å². The van der Waals surface area contributed by atoms with Crippen LogP contribution in [0.3, 0.4) is 0 Å². The summed E-state index contributed by atoms with van der Waals surface area (Å²) in [6.45, 7) is 2.74. The van der Waals surface area contributed by atoms with Crippen LogP contribution in [0.2, 0.25) is 0 Å². The molecular formula is C15H15F2N5O2. The van der Waals surface area contributed by atoms with Crippen LogP contribution in [-0.2, 0) is 6.54 Å². The second-order valence-corrected chi connectivity index (χ2v) is 6.30. The van der Waals surface area contributed by atoms with E-state index in [4.69, 9.17) is 5.11 Å². The molecule has 1 saturated heterocycles. The first-order chi connectivity index (χ1) is 11.4. The number of carboxylic acids is 1. The number of halogens is 2. The van der Waals surface area contributed by atoms with Crippen molar-refractivity contribution in [3.63, 3.8) is 0 Å². The first-order valence-electron chi connectivity index (χ1n) is 7.57. The Morgan fingerprint density at radius 2 is 2.08 bits per heavy atom. The summed E-state index contributed by atoms with van der Waals surface area (Å²) < 4.78 is 28.0. The van der Waals surface area contributed by atoms with Crippen molar-refractivity contribution in [1.82, 2.24) is 19.7 Å². The van der Waals surface area contributed by atoms with Crippen LogP contribution in [0.4, 0.5) is 14.7 Å². The molecule has 2 atom stereocenters. The Labute approximate surface area is 135 Å². The van der Waals surface area contributed by atoms with E-state index in [0.29, 0.717) is 12.5 Å². The molecule has 3 heterocycles. The molecule has 2 fully saturated rings. The molecule has 1 N–H and O–H groups in total. The molecule has 9 heteroatoms. The topological polar surface area (TPSA) is 84.1 Å². The minimum Gasteiger partial charge on any atom is -0.478 e. The van der Waals surface area contributed by atoms with Crippen molar-refractivity contribution in [1.29, 1.82) is 0 Å². The number of carboxylic acid groups (broad SMARTS) is 1. The lowest BCUT2D eigenvalue weighted by molar-refractivity contribution is 0.0696. The van der Waals surface area contributed by atoms with Gasteiger partial charge in [-0.2, -0.15) is 5.10 Å². The van der Waals surface area contributed by atoms with Crippen LogP contribution in [0.5, 0.6) is 0 Å². The van der Waals surface area contributed by atoms with Crippen LogP contribution in [-0.4, -0.2) is 49.8 Å². The van der Waals surface area contributed by atoms with E-state index in [9.17, 15) is 13.6 Å². The van der Waals surface area contributed by atoms with Crippen molar-refractivity contribution in [2.45, 2.75) is 19.4 Å². The number of alkyl halides is 2. The number of rotatable bonds is 4. The molecule has 0 spiro atoms. The molecule has 7 nitrogen and oxygen atoms in total. The number of nitrogens with zero attached hydrogens (tertiary/aromatic N) is 5. The van der Waals surface area contributed by atoms with Gasteiger partial charge in [-0.1, -0.05) is 0 Å². The smallest absolute Gasteiger partial charge is 0.338 e. The molecule has 4 rings (SSSR count). The molecule has 0 radical (unpaired) electrons. The minimum absolute atomic E-state index is 0.113. The van der Waals surface area contributed by atoms with Crippen molar-refractivity contribution < 1.29 is 18.7 Å². The summed E-state index contributed by atoms with van der Waals surface area (Å²) in [5, 5.41) is 12.9. The van der Waals surface area contributed by atoms with Gasteiger partial charge in [-0.3, -0.25) is 4.68 Å². The molecule has 2 unspecified atom stereocenters. The standard InChI is InChI=1S/C15H15F2N5O2/c1-8-9(4-22-5-10(3-19-22)13(23)24)2-18-14(20-8)21-6-11-12(7-21)15(11,16)17/h2-3,5,11-12H,4,6-7H2,1H3,(H,23,24). The third-order valence-electron chi connectivity index (χ3n) is 4.76. The van der Waals surface area contributed by atoms with Crippen LogP contribution in [0.25, 0.3) is 0 Å². The number of aryl methyl sites for hydroxylation is 1. The lowest BCUT2D eigenvalue weighted by Crippen LogP contribution is -2.29. The third kappa shape index (κ3) is 2.31. The van der Waals surface area contributed by atoms with E-state index in [1.165, 1.54) is 17.1 Å². The van der Waals surface area contributed by atoms with Crippen LogP contribution in [0, 0.1) is 18.8 Å². The Balaban J connectivity index is 1.47.